The van der Waals surface area contributed by atoms with Gasteiger partial charge in [0.25, 0.3) is 0 Å². The summed E-state index contributed by atoms with van der Waals surface area (Å²) >= 11 is 0. The van der Waals surface area contributed by atoms with Gasteiger partial charge in [0.15, 0.2) is 0 Å². The van der Waals surface area contributed by atoms with Crippen LogP contribution in [0.15, 0.2) is 42.7 Å². The van der Waals surface area contributed by atoms with Crippen molar-refractivity contribution in [1.82, 2.24) is 9.78 Å². The summed E-state index contributed by atoms with van der Waals surface area (Å²) in [6.45, 7) is 0.454. The minimum atomic E-state index is -0.597. The van der Waals surface area contributed by atoms with Crippen molar-refractivity contribution in [3.8, 4) is 5.69 Å². The van der Waals surface area contributed by atoms with E-state index < -0.39 is 6.04 Å². The van der Waals surface area contributed by atoms with Crippen LogP contribution in [-0.4, -0.2) is 35.4 Å². The molecule has 0 bridgehead atoms. The average molecular weight is 274 g/mol. The molecule has 0 aliphatic carbocycles. The Labute approximate surface area is 117 Å². The number of ether oxygens (including phenoxy) is 1. The van der Waals surface area contributed by atoms with Crippen LogP contribution in [-0.2, 0) is 9.53 Å². The molecule has 1 atom stereocenters. The van der Waals surface area contributed by atoms with Gasteiger partial charge in [-0.3, -0.25) is 4.79 Å². The van der Waals surface area contributed by atoms with E-state index in [1.807, 2.05) is 36.5 Å². The summed E-state index contributed by atoms with van der Waals surface area (Å²) in [5.74, 6) is -0.235. The lowest BCUT2D eigenvalue weighted by Gasteiger charge is -2.14. The van der Waals surface area contributed by atoms with E-state index in [9.17, 15) is 4.79 Å². The summed E-state index contributed by atoms with van der Waals surface area (Å²) < 4.78 is 6.61. The molecule has 2 rings (SSSR count). The summed E-state index contributed by atoms with van der Waals surface area (Å²) in [6, 6.07) is 8.66. The third kappa shape index (κ3) is 3.43. The fourth-order valence-corrected chi connectivity index (χ4v) is 1.79. The molecule has 1 aromatic carbocycles. The highest BCUT2D eigenvalue weighted by atomic mass is 16.5. The van der Waals surface area contributed by atoms with E-state index in [1.165, 1.54) is 0 Å². The van der Waals surface area contributed by atoms with Gasteiger partial charge in [0.1, 0.15) is 0 Å². The predicted octanol–water partition coefficient (Wildman–Crippen LogP) is 1.17. The van der Waals surface area contributed by atoms with Crippen LogP contribution in [0, 0.1) is 0 Å². The van der Waals surface area contributed by atoms with Crippen LogP contribution in [0.3, 0.4) is 0 Å². The molecule has 0 spiro atoms. The number of nitrogens with two attached hydrogens (primary N) is 1. The average Bonchev–Trinajstić information content (AvgIpc) is 2.99. The van der Waals surface area contributed by atoms with Crippen molar-refractivity contribution in [1.29, 1.82) is 0 Å². The van der Waals surface area contributed by atoms with Gasteiger partial charge in [-0.05, 0) is 24.6 Å². The van der Waals surface area contributed by atoms with Crippen molar-refractivity contribution in [2.45, 2.75) is 12.5 Å². The van der Waals surface area contributed by atoms with Gasteiger partial charge in [-0.1, -0.05) is 12.1 Å². The molecule has 1 heterocycles. The number of hydrogen-bond donors (Lipinski definition) is 2. The maximum absolute atomic E-state index is 12.0. The molecule has 0 fully saturated rings. The molecule has 20 heavy (non-hydrogen) atoms. The predicted molar refractivity (Wildman–Crippen MR) is 76.7 cm³/mol. The van der Waals surface area contributed by atoms with Gasteiger partial charge in [-0.25, -0.2) is 4.68 Å². The van der Waals surface area contributed by atoms with Crippen molar-refractivity contribution in [2.24, 2.45) is 5.73 Å². The molecule has 106 valence electrons. The van der Waals surface area contributed by atoms with Crippen LogP contribution in [0.1, 0.15) is 6.42 Å². The molecule has 3 N–H and O–H groups in total. The van der Waals surface area contributed by atoms with Gasteiger partial charge in [0.05, 0.1) is 17.4 Å². The normalized spacial score (nSPS) is 12.1. The number of nitrogens with one attached hydrogen (secondary N) is 1. The number of amides is 1. The number of benzene rings is 1. The zero-order valence-corrected chi connectivity index (χ0v) is 11.3. The summed E-state index contributed by atoms with van der Waals surface area (Å²) in [7, 11) is 1.58. The van der Waals surface area contributed by atoms with Crippen LogP contribution in [0.25, 0.3) is 5.69 Å². The lowest BCUT2D eigenvalue weighted by atomic mass is 10.2. The number of anilines is 1. The van der Waals surface area contributed by atoms with Gasteiger partial charge in [0.2, 0.25) is 5.91 Å². The Balaban J connectivity index is 2.12. The zero-order chi connectivity index (χ0) is 14.4. The summed E-state index contributed by atoms with van der Waals surface area (Å²) in [4.78, 5) is 12.0. The van der Waals surface area contributed by atoms with Gasteiger partial charge in [0, 0.05) is 26.1 Å². The number of carbonyl (C=O) groups is 1. The maximum Gasteiger partial charge on any atom is 0.241 e. The van der Waals surface area contributed by atoms with Crippen LogP contribution in [0.5, 0.6) is 0 Å². The Kier molecular flexibility index (Phi) is 4.86. The largest absolute Gasteiger partial charge is 0.385 e. The van der Waals surface area contributed by atoms with Crippen LogP contribution in [0.2, 0.25) is 0 Å². The first-order valence-corrected chi connectivity index (χ1v) is 6.37. The molecule has 6 nitrogen and oxygen atoms in total. The van der Waals surface area contributed by atoms with Crippen LogP contribution < -0.4 is 11.1 Å². The van der Waals surface area contributed by atoms with Crippen LogP contribution in [0.4, 0.5) is 5.69 Å². The van der Waals surface area contributed by atoms with Gasteiger partial charge in [-0.2, -0.15) is 5.10 Å². The minimum Gasteiger partial charge on any atom is -0.385 e. The van der Waals surface area contributed by atoms with E-state index in [4.69, 9.17) is 10.5 Å². The maximum atomic E-state index is 12.0. The van der Waals surface area contributed by atoms with E-state index in [1.54, 1.807) is 18.0 Å². The lowest BCUT2D eigenvalue weighted by Crippen LogP contribution is -2.36. The second kappa shape index (κ2) is 6.83. The molecule has 0 saturated heterocycles. The summed E-state index contributed by atoms with van der Waals surface area (Å²) in [5.41, 5.74) is 7.28. The third-order valence-electron chi connectivity index (χ3n) is 2.88. The SMILES string of the molecule is COCCC(N)C(=O)Nc1ccccc1-n1cccn1. The number of nitrogens with zero attached hydrogens (tertiary/aromatic N) is 2. The molecule has 0 saturated carbocycles. The monoisotopic (exact) mass is 274 g/mol. The Morgan fingerprint density at radius 1 is 1.45 bits per heavy atom. The van der Waals surface area contributed by atoms with E-state index in [-0.39, 0.29) is 5.91 Å². The molecule has 1 aromatic heterocycles. The van der Waals surface area contributed by atoms with E-state index >= 15 is 0 Å². The highest BCUT2D eigenvalue weighted by Crippen LogP contribution is 2.19. The highest BCUT2D eigenvalue weighted by Gasteiger charge is 2.15. The molecule has 1 unspecified atom stereocenters. The standard InChI is InChI=1S/C14H18N4O2/c1-20-10-7-11(15)14(19)17-12-5-2-3-6-13(12)18-9-4-8-16-18/h2-6,8-9,11H,7,10,15H2,1H3,(H,17,19). The molecular weight excluding hydrogens is 256 g/mol. The quantitative estimate of drug-likeness (QED) is 0.828. The Morgan fingerprint density at radius 2 is 2.25 bits per heavy atom. The lowest BCUT2D eigenvalue weighted by molar-refractivity contribution is -0.117. The number of carbonyl (C=O) groups excluding carboxylic acids is 1. The number of aromatic nitrogens is 2. The zero-order valence-electron chi connectivity index (χ0n) is 11.3. The van der Waals surface area contributed by atoms with Gasteiger partial charge < -0.3 is 15.8 Å². The number of hydrogen-bond acceptors (Lipinski definition) is 4. The van der Waals surface area contributed by atoms with Crippen molar-refractivity contribution in [2.75, 3.05) is 19.0 Å². The Bertz CT molecular complexity index is 554. The van der Waals surface area contributed by atoms with Gasteiger partial charge >= 0.3 is 0 Å². The first-order chi connectivity index (χ1) is 9.72. The highest BCUT2D eigenvalue weighted by molar-refractivity contribution is 5.96. The van der Waals surface area contributed by atoms with E-state index in [2.05, 4.69) is 10.4 Å². The van der Waals surface area contributed by atoms with Crippen molar-refractivity contribution in [3.05, 3.63) is 42.7 Å². The van der Waals surface area contributed by atoms with Crippen LogP contribution >= 0.6 is 0 Å². The molecule has 2 aromatic rings. The summed E-state index contributed by atoms with van der Waals surface area (Å²) in [5, 5.41) is 6.99. The fraction of sp³-hybridized carbons (Fsp3) is 0.286. The number of rotatable bonds is 6. The smallest absolute Gasteiger partial charge is 0.241 e. The Hall–Kier alpha value is -2.18. The first-order valence-electron chi connectivity index (χ1n) is 6.37. The second-order valence-corrected chi connectivity index (χ2v) is 4.34. The fourth-order valence-electron chi connectivity index (χ4n) is 1.79. The third-order valence-corrected chi connectivity index (χ3v) is 2.88. The molecular formula is C14H18N4O2. The Morgan fingerprint density at radius 3 is 2.95 bits per heavy atom. The molecule has 0 radical (unpaired) electrons. The summed E-state index contributed by atoms with van der Waals surface area (Å²) in [6.07, 6.45) is 3.98. The molecule has 0 aliphatic rings. The number of para-hydroxylation sites is 2. The topological polar surface area (TPSA) is 82.2 Å². The van der Waals surface area contributed by atoms with Crippen molar-refractivity contribution in [3.63, 3.8) is 0 Å². The first kappa shape index (κ1) is 14.2. The minimum absolute atomic E-state index is 0.235. The molecule has 1 amide bonds. The van der Waals surface area contributed by atoms with E-state index in [0.717, 1.165) is 5.69 Å². The van der Waals surface area contributed by atoms with Gasteiger partial charge in [-0.15, -0.1) is 0 Å². The van der Waals surface area contributed by atoms with Crippen molar-refractivity contribution < 1.29 is 9.53 Å². The van der Waals surface area contributed by atoms with E-state index in [0.29, 0.717) is 18.7 Å². The second-order valence-electron chi connectivity index (χ2n) is 4.34. The molecule has 6 heteroatoms. The number of methoxy groups -OCH3 is 1. The van der Waals surface area contributed by atoms with Crippen molar-refractivity contribution >= 4 is 11.6 Å². The molecule has 0 aliphatic heterocycles.